The number of nitrogens with zero attached hydrogens (tertiary/aromatic N) is 1. The highest BCUT2D eigenvalue weighted by Gasteiger charge is 2.29. The first-order valence-corrected chi connectivity index (χ1v) is 11.1. The molecule has 5 nitrogen and oxygen atoms in total. The minimum Gasteiger partial charge on any atom is -0.439 e. The maximum atomic E-state index is 14.7. The highest BCUT2D eigenvalue weighted by molar-refractivity contribution is 7.75. The van der Waals surface area contributed by atoms with Crippen LogP contribution in [-0.4, -0.2) is 11.1 Å². The molecular formula is C22H23F2N2O3S-. The molecule has 0 spiro atoms. The number of halogens is 2. The number of urea groups is 1. The van der Waals surface area contributed by atoms with Gasteiger partial charge >= 0.3 is 6.03 Å². The zero-order chi connectivity index (χ0) is 21.6. The number of rotatable bonds is 3. The average Bonchev–Trinajstić information content (AvgIpc) is 3.34. The number of nitrogens with one attached hydrogen (secondary N) is 1. The van der Waals surface area contributed by atoms with Crippen LogP contribution in [0.25, 0.3) is 0 Å². The Bertz CT molecular complexity index is 1100. The zero-order valence-corrected chi connectivity index (χ0v) is 17.7. The molecule has 2 amide bonds. The fourth-order valence-corrected chi connectivity index (χ4v) is 5.02. The van der Waals surface area contributed by atoms with Crippen molar-refractivity contribution in [2.75, 3.05) is 5.32 Å². The maximum absolute atomic E-state index is 14.7. The Kier molecular flexibility index (Phi) is 5.40. The first kappa shape index (κ1) is 20.9. The van der Waals surface area contributed by atoms with Gasteiger partial charge in [-0.2, -0.15) is 0 Å². The van der Waals surface area contributed by atoms with Crippen molar-refractivity contribution in [2.45, 2.75) is 62.9 Å². The molecule has 0 fully saturated rings. The summed E-state index contributed by atoms with van der Waals surface area (Å²) in [4.78, 5) is 12.2. The second-order valence-corrected chi connectivity index (χ2v) is 9.41. The molecule has 8 heteroatoms. The third-order valence-electron chi connectivity index (χ3n) is 5.79. The number of fused-ring (bicyclic) bond motifs is 2. The van der Waals surface area contributed by atoms with Crippen molar-refractivity contribution in [3.8, 4) is 0 Å². The molecule has 0 atom stereocenters. The molecule has 160 valence electrons. The van der Waals surface area contributed by atoms with E-state index in [1.165, 1.54) is 26.0 Å². The number of aliphatic hydroxyl groups is 1. The third kappa shape index (κ3) is 3.74. The molecular weight excluding hydrogens is 410 g/mol. The largest absolute Gasteiger partial charge is 0.439 e. The lowest BCUT2D eigenvalue weighted by Gasteiger charge is -2.19. The number of amides is 2. The van der Waals surface area contributed by atoms with E-state index in [9.17, 15) is 22.9 Å². The summed E-state index contributed by atoms with van der Waals surface area (Å²) in [5, 5.41) is 12.7. The lowest BCUT2D eigenvalue weighted by molar-refractivity contribution is 0.0781. The van der Waals surface area contributed by atoms with Crippen LogP contribution < -0.4 is 5.32 Å². The number of carbonyl (C=O) groups excluding carboxylic acids is 1. The highest BCUT2D eigenvalue weighted by atomic mass is 32.2. The fraction of sp³-hybridized carbons (Fsp3) is 0.409. The van der Waals surface area contributed by atoms with E-state index in [-0.39, 0.29) is 10.7 Å². The smallest absolute Gasteiger partial charge is 0.322 e. The van der Waals surface area contributed by atoms with Gasteiger partial charge in [0.25, 0.3) is 0 Å². The van der Waals surface area contributed by atoms with Gasteiger partial charge in [0.05, 0.1) is 5.60 Å². The molecule has 4 rings (SSSR count). The second kappa shape index (κ2) is 7.74. The first-order valence-electron chi connectivity index (χ1n) is 9.98. The van der Waals surface area contributed by atoms with E-state index in [4.69, 9.17) is 0 Å². The molecule has 2 aliphatic rings. The normalized spacial score (nSPS) is 16.4. The van der Waals surface area contributed by atoms with E-state index in [1.54, 1.807) is 0 Å². The first-order chi connectivity index (χ1) is 14.2. The molecule has 0 radical (unpaired) electrons. The fourth-order valence-electron chi connectivity index (χ4n) is 4.32. The van der Waals surface area contributed by atoms with Crippen LogP contribution in [-0.2, 0) is 46.1 Å². The minimum atomic E-state index is -2.25. The molecule has 0 heterocycles. The Morgan fingerprint density at radius 1 is 1.07 bits per heavy atom. The molecule has 2 N–H and O–H groups in total. The molecule has 0 saturated carbocycles. The van der Waals surface area contributed by atoms with E-state index in [2.05, 4.69) is 9.68 Å². The van der Waals surface area contributed by atoms with Crippen LogP contribution in [0.3, 0.4) is 0 Å². The summed E-state index contributed by atoms with van der Waals surface area (Å²) < 4.78 is 45.2. The minimum absolute atomic E-state index is 0.150. The number of hydrogen-bond donors (Lipinski definition) is 2. The van der Waals surface area contributed by atoms with Crippen LogP contribution in [0, 0.1) is 11.6 Å². The monoisotopic (exact) mass is 433 g/mol. The van der Waals surface area contributed by atoms with Crippen LogP contribution in [0.4, 0.5) is 19.3 Å². The second-order valence-electron chi connectivity index (χ2n) is 8.29. The summed E-state index contributed by atoms with van der Waals surface area (Å²) in [7, 11) is -2.25. The van der Waals surface area contributed by atoms with Crippen LogP contribution in [0.5, 0.6) is 0 Å². The molecule has 2 aromatic carbocycles. The SMILES string of the molecule is CC(C)(O)c1ccc([S-](=O)=NC(=O)Nc2c3c(c(F)c4c2CCC4)CCC3)c(F)c1. The van der Waals surface area contributed by atoms with Gasteiger partial charge in [0.1, 0.15) is 11.6 Å². The molecule has 0 aromatic heterocycles. The number of benzene rings is 2. The van der Waals surface area contributed by atoms with E-state index < -0.39 is 28.0 Å². The lowest BCUT2D eigenvalue weighted by Crippen LogP contribution is -2.16. The van der Waals surface area contributed by atoms with E-state index >= 15 is 0 Å². The van der Waals surface area contributed by atoms with E-state index in [0.29, 0.717) is 48.1 Å². The number of hydrogen-bond acceptors (Lipinski definition) is 4. The van der Waals surface area contributed by atoms with Gasteiger partial charge in [0.2, 0.25) is 0 Å². The molecule has 0 unspecified atom stereocenters. The van der Waals surface area contributed by atoms with Gasteiger partial charge in [-0.3, -0.25) is 0 Å². The lowest BCUT2D eigenvalue weighted by atomic mass is 9.98. The summed E-state index contributed by atoms with van der Waals surface area (Å²) in [6.45, 7) is 3.02. The number of anilines is 1. The van der Waals surface area contributed by atoms with Crippen LogP contribution in [0.1, 0.15) is 54.5 Å². The van der Waals surface area contributed by atoms with Gasteiger partial charge < -0.3 is 19.0 Å². The molecule has 0 aliphatic heterocycles. The Morgan fingerprint density at radius 2 is 1.63 bits per heavy atom. The van der Waals surface area contributed by atoms with Crippen molar-refractivity contribution in [1.29, 1.82) is 0 Å². The zero-order valence-electron chi connectivity index (χ0n) is 16.8. The summed E-state index contributed by atoms with van der Waals surface area (Å²) in [5.41, 5.74) is 2.55. The Balaban J connectivity index is 1.63. The van der Waals surface area contributed by atoms with Crippen LogP contribution in [0.2, 0.25) is 0 Å². The Hall–Kier alpha value is -2.32. The summed E-state index contributed by atoms with van der Waals surface area (Å²) in [6, 6.07) is 2.93. The van der Waals surface area contributed by atoms with Gasteiger partial charge in [-0.15, -0.1) is 10.6 Å². The van der Waals surface area contributed by atoms with Gasteiger partial charge in [-0.25, -0.2) is 13.6 Å². The van der Waals surface area contributed by atoms with Gasteiger partial charge in [0, 0.05) is 5.69 Å². The van der Waals surface area contributed by atoms with Crippen molar-refractivity contribution in [2.24, 2.45) is 4.36 Å². The van der Waals surface area contributed by atoms with Gasteiger partial charge in [-0.1, -0.05) is 17.0 Å². The maximum Gasteiger partial charge on any atom is 0.322 e. The Morgan fingerprint density at radius 3 is 2.17 bits per heavy atom. The van der Waals surface area contributed by atoms with E-state index in [0.717, 1.165) is 30.0 Å². The highest BCUT2D eigenvalue weighted by Crippen LogP contribution is 2.41. The van der Waals surface area contributed by atoms with E-state index in [1.807, 2.05) is 0 Å². The van der Waals surface area contributed by atoms with Crippen LogP contribution in [0.15, 0.2) is 27.5 Å². The predicted octanol–water partition coefficient (Wildman–Crippen LogP) is 4.91. The van der Waals surface area contributed by atoms with Crippen LogP contribution >= 0.6 is 0 Å². The summed E-state index contributed by atoms with van der Waals surface area (Å²) in [5.74, 6) is -0.962. The van der Waals surface area contributed by atoms with Crippen molar-refractivity contribution < 1.29 is 22.9 Å². The molecule has 30 heavy (non-hydrogen) atoms. The van der Waals surface area contributed by atoms with Gasteiger partial charge in [0.15, 0.2) is 0 Å². The summed E-state index contributed by atoms with van der Waals surface area (Å²) >= 11 is 0. The average molecular weight is 434 g/mol. The third-order valence-corrected chi connectivity index (χ3v) is 6.83. The van der Waals surface area contributed by atoms with Crippen molar-refractivity contribution in [1.82, 2.24) is 0 Å². The molecule has 0 bridgehead atoms. The predicted molar refractivity (Wildman–Crippen MR) is 110 cm³/mol. The number of carbonyl (C=O) groups is 1. The van der Waals surface area contributed by atoms with Crippen molar-refractivity contribution >= 4 is 22.3 Å². The summed E-state index contributed by atoms with van der Waals surface area (Å²) in [6.07, 6.45) is 4.26. The molecule has 2 aliphatic carbocycles. The quantitative estimate of drug-likeness (QED) is 0.675. The van der Waals surface area contributed by atoms with Gasteiger partial charge in [-0.05, 0) is 86.3 Å². The van der Waals surface area contributed by atoms with Crippen molar-refractivity contribution in [3.63, 3.8) is 0 Å². The topological polar surface area (TPSA) is 78.8 Å². The Labute approximate surface area is 175 Å². The molecule has 2 aromatic rings. The molecule has 0 saturated heterocycles. The van der Waals surface area contributed by atoms with Crippen molar-refractivity contribution in [3.05, 3.63) is 57.7 Å². The standard InChI is InChI=1S/C22H23F2N2O3S/c1-22(2,28)12-9-10-18(17(23)11-12)30(29)26-21(27)25-20-15-7-3-5-13(15)19(24)14-6-4-8-16(14)20/h9-11,28H,3-8H2,1-2H3,(H,25,27)/q-1.